The van der Waals surface area contributed by atoms with Gasteiger partial charge in [0.1, 0.15) is 17.6 Å². The number of hydrogen-bond donors (Lipinski definition) is 0. The van der Waals surface area contributed by atoms with Crippen molar-refractivity contribution in [1.82, 2.24) is 0 Å². The van der Waals surface area contributed by atoms with E-state index >= 15 is 0 Å². The molecule has 0 bridgehead atoms. The Labute approximate surface area is 236 Å². The molecule has 0 spiro atoms. The third kappa shape index (κ3) is 5.09. The normalized spacial score (nSPS) is 16.8. The van der Waals surface area contributed by atoms with Crippen LogP contribution in [-0.2, 0) is 19.9 Å². The lowest BCUT2D eigenvalue weighted by Gasteiger charge is -2.41. The second-order valence-electron chi connectivity index (χ2n) is 10.3. The summed E-state index contributed by atoms with van der Waals surface area (Å²) >= 11 is 0. The number of benzene rings is 5. The van der Waals surface area contributed by atoms with Gasteiger partial charge in [-0.05, 0) is 34.2 Å². The summed E-state index contributed by atoms with van der Waals surface area (Å²) in [5.74, 6) is -0.441. The minimum atomic E-state index is -0.873. The van der Waals surface area contributed by atoms with Gasteiger partial charge in [-0.3, -0.25) is 4.79 Å². The van der Waals surface area contributed by atoms with Crippen molar-refractivity contribution >= 4 is 5.97 Å². The van der Waals surface area contributed by atoms with E-state index in [-0.39, 0.29) is 30.5 Å². The first-order valence-electron chi connectivity index (χ1n) is 13.9. The maximum absolute atomic E-state index is 12.9. The largest absolute Gasteiger partial charge is 0.461 e. The van der Waals surface area contributed by atoms with Crippen molar-refractivity contribution in [2.24, 2.45) is 5.92 Å². The van der Waals surface area contributed by atoms with Gasteiger partial charge in [-0.15, -0.1) is 0 Å². The quantitative estimate of drug-likeness (QED) is 0.138. The second-order valence-corrected chi connectivity index (χ2v) is 10.3. The highest BCUT2D eigenvalue weighted by Gasteiger charge is 2.47. The Kier molecular flexibility index (Phi) is 7.56. The highest BCUT2D eigenvalue weighted by Crippen LogP contribution is 2.43. The van der Waals surface area contributed by atoms with Crippen LogP contribution in [0.25, 0.3) is 0 Å². The zero-order valence-corrected chi connectivity index (χ0v) is 22.3. The summed E-state index contributed by atoms with van der Waals surface area (Å²) in [5, 5.41) is 0. The number of rotatable bonds is 10. The lowest BCUT2D eigenvalue weighted by molar-refractivity contribution is -0.194. The molecule has 1 saturated heterocycles. The van der Waals surface area contributed by atoms with Gasteiger partial charge in [0.25, 0.3) is 0 Å². The molecule has 1 fully saturated rings. The van der Waals surface area contributed by atoms with Crippen LogP contribution in [0.2, 0.25) is 0 Å². The van der Waals surface area contributed by atoms with E-state index in [1.54, 1.807) is 0 Å². The summed E-state index contributed by atoms with van der Waals surface area (Å²) in [5.41, 5.74) is 4.60. The zero-order valence-electron chi connectivity index (χ0n) is 22.3. The van der Waals surface area contributed by atoms with Crippen molar-refractivity contribution in [1.29, 1.82) is 0 Å². The van der Waals surface area contributed by atoms with E-state index in [2.05, 4.69) is 84.9 Å². The Balaban J connectivity index is 1.33. The molecule has 0 aliphatic carbocycles. The second kappa shape index (κ2) is 11.7. The number of ether oxygens (including phenoxy) is 2. The Bertz CT molecular complexity index is 1370. The topological polar surface area (TPSA) is 35.5 Å². The molecule has 5 aromatic carbocycles. The maximum atomic E-state index is 12.9. The summed E-state index contributed by atoms with van der Waals surface area (Å²) in [6.45, 7) is 0.248. The minimum Gasteiger partial charge on any atom is -0.461 e. The predicted octanol–water partition coefficient (Wildman–Crippen LogP) is 7.76. The van der Waals surface area contributed by atoms with Crippen LogP contribution in [-0.4, -0.2) is 18.7 Å². The van der Waals surface area contributed by atoms with Crippen molar-refractivity contribution in [3.63, 3.8) is 0 Å². The monoisotopic (exact) mass is 524 g/mol. The smallest absolute Gasteiger partial charge is 0.315 e. The molecular weight excluding hydrogens is 492 g/mol. The van der Waals surface area contributed by atoms with Gasteiger partial charge in [0.15, 0.2) is 0 Å². The molecular formula is C37H32O3. The average Bonchev–Trinajstić information content (AvgIpc) is 3.03. The van der Waals surface area contributed by atoms with Crippen molar-refractivity contribution in [2.75, 3.05) is 6.61 Å². The summed E-state index contributed by atoms with van der Waals surface area (Å²) in [6, 6.07) is 51.7. The zero-order chi connectivity index (χ0) is 27.2. The number of carbonyl (C=O) groups excluding carboxylic acids is 1. The van der Waals surface area contributed by atoms with Gasteiger partial charge in [0.2, 0.25) is 0 Å². The molecule has 0 saturated carbocycles. The molecule has 5 aromatic rings. The highest BCUT2D eigenvalue weighted by molar-refractivity contribution is 5.78. The lowest BCUT2D eigenvalue weighted by Crippen LogP contribution is -2.50. The molecule has 0 unspecified atom stereocenters. The van der Waals surface area contributed by atoms with E-state index in [0.717, 1.165) is 16.7 Å². The summed E-state index contributed by atoms with van der Waals surface area (Å²) < 4.78 is 12.8. The van der Waals surface area contributed by atoms with Crippen LogP contribution in [0.1, 0.15) is 40.2 Å². The fourth-order valence-electron chi connectivity index (χ4n) is 5.84. The first kappa shape index (κ1) is 25.8. The van der Waals surface area contributed by atoms with Crippen LogP contribution in [0.5, 0.6) is 0 Å². The SMILES string of the molecule is O=C1O[C@@H](CC(c2ccccc2)c2ccccc2)[C@@H]1COC(c1ccccc1)(c1ccccc1)c1ccccc1. The van der Waals surface area contributed by atoms with Crippen molar-refractivity contribution in [3.05, 3.63) is 179 Å². The summed E-state index contributed by atoms with van der Waals surface area (Å²) in [7, 11) is 0. The van der Waals surface area contributed by atoms with Gasteiger partial charge >= 0.3 is 5.97 Å². The Hall–Kier alpha value is -4.47. The van der Waals surface area contributed by atoms with E-state index in [4.69, 9.17) is 9.47 Å². The lowest BCUT2D eigenvalue weighted by atomic mass is 9.79. The molecule has 40 heavy (non-hydrogen) atoms. The molecule has 3 nitrogen and oxygen atoms in total. The van der Waals surface area contributed by atoms with Crippen LogP contribution < -0.4 is 0 Å². The predicted molar refractivity (Wildman–Crippen MR) is 158 cm³/mol. The molecule has 6 rings (SSSR count). The van der Waals surface area contributed by atoms with Crippen LogP contribution in [0.3, 0.4) is 0 Å². The van der Waals surface area contributed by atoms with E-state index in [1.807, 2.05) is 66.7 Å². The molecule has 1 aliphatic rings. The van der Waals surface area contributed by atoms with E-state index < -0.39 is 5.60 Å². The molecule has 0 radical (unpaired) electrons. The van der Waals surface area contributed by atoms with Gasteiger partial charge in [-0.25, -0.2) is 0 Å². The maximum Gasteiger partial charge on any atom is 0.315 e. The average molecular weight is 525 g/mol. The van der Waals surface area contributed by atoms with E-state index in [9.17, 15) is 4.79 Å². The molecule has 0 aromatic heterocycles. The van der Waals surface area contributed by atoms with Crippen molar-refractivity contribution < 1.29 is 14.3 Å². The molecule has 3 heteroatoms. The number of esters is 1. The first-order chi connectivity index (χ1) is 19.8. The minimum absolute atomic E-state index is 0.116. The Morgan fingerprint density at radius 3 is 1.32 bits per heavy atom. The van der Waals surface area contributed by atoms with Crippen molar-refractivity contribution in [2.45, 2.75) is 24.0 Å². The van der Waals surface area contributed by atoms with Crippen LogP contribution in [0.15, 0.2) is 152 Å². The number of hydrogen-bond acceptors (Lipinski definition) is 3. The summed E-state index contributed by atoms with van der Waals surface area (Å²) in [6.07, 6.45) is 0.459. The molecule has 1 heterocycles. The highest BCUT2D eigenvalue weighted by atomic mass is 16.6. The third-order valence-corrected chi connectivity index (χ3v) is 7.91. The van der Waals surface area contributed by atoms with Gasteiger partial charge in [0, 0.05) is 5.92 Å². The van der Waals surface area contributed by atoms with Gasteiger partial charge in [0.05, 0.1) is 6.61 Å². The van der Waals surface area contributed by atoms with Crippen molar-refractivity contribution in [3.8, 4) is 0 Å². The molecule has 2 atom stereocenters. The summed E-state index contributed by atoms with van der Waals surface area (Å²) in [4.78, 5) is 12.9. The fourth-order valence-corrected chi connectivity index (χ4v) is 5.84. The molecule has 198 valence electrons. The Morgan fingerprint density at radius 2 is 0.950 bits per heavy atom. The van der Waals surface area contributed by atoms with Crippen LogP contribution in [0.4, 0.5) is 0 Å². The van der Waals surface area contributed by atoms with Gasteiger partial charge in [-0.2, -0.15) is 0 Å². The van der Waals surface area contributed by atoms with Gasteiger partial charge < -0.3 is 9.47 Å². The standard InChI is InChI=1S/C37H32O3/c38-36-34(35(40-36)26-33(28-16-6-1-7-17-28)29-18-8-2-9-19-29)27-39-37(30-20-10-3-11-21-30,31-22-12-4-13-23-31)32-24-14-5-15-25-32/h1-25,33-35H,26-27H2/t34-,35-/m0/s1. The third-order valence-electron chi connectivity index (χ3n) is 7.91. The number of cyclic esters (lactones) is 1. The molecule has 0 amide bonds. The van der Waals surface area contributed by atoms with E-state index in [0.29, 0.717) is 6.42 Å². The molecule has 1 aliphatic heterocycles. The van der Waals surface area contributed by atoms with E-state index in [1.165, 1.54) is 11.1 Å². The molecule has 0 N–H and O–H groups in total. The Morgan fingerprint density at radius 1 is 0.575 bits per heavy atom. The van der Waals surface area contributed by atoms with Crippen LogP contribution >= 0.6 is 0 Å². The first-order valence-corrected chi connectivity index (χ1v) is 13.9. The van der Waals surface area contributed by atoms with Gasteiger partial charge in [-0.1, -0.05) is 152 Å². The number of carbonyl (C=O) groups is 1. The van der Waals surface area contributed by atoms with Crippen LogP contribution in [0, 0.1) is 5.92 Å². The fraction of sp³-hybridized carbons (Fsp3) is 0.162.